The lowest BCUT2D eigenvalue weighted by Gasteiger charge is -2.14. The molecular weight excluding hydrogens is 537 g/mol. The molecule has 0 saturated carbocycles. The van der Waals surface area contributed by atoms with Crippen molar-refractivity contribution in [2.75, 3.05) is 39.0 Å². The van der Waals surface area contributed by atoms with Gasteiger partial charge in [-0.3, -0.25) is 19.6 Å². The Kier molecular flexibility index (Phi) is 9.35. The summed E-state index contributed by atoms with van der Waals surface area (Å²) in [4.78, 5) is 35.4. The fraction of sp³-hybridized carbons (Fsp3) is 0.241. The van der Waals surface area contributed by atoms with Crippen LogP contribution in [0.5, 0.6) is 11.5 Å². The monoisotopic (exact) mass is 566 g/mol. The predicted molar refractivity (Wildman–Crippen MR) is 150 cm³/mol. The van der Waals surface area contributed by atoms with Gasteiger partial charge in [-0.25, -0.2) is 0 Å². The van der Waals surface area contributed by atoms with E-state index in [0.717, 1.165) is 18.7 Å². The molecule has 1 unspecified atom stereocenters. The number of amides is 2. The Balaban J connectivity index is 1.34. The average molecular weight is 567 g/mol. The molecule has 41 heavy (non-hydrogen) atoms. The van der Waals surface area contributed by atoms with E-state index in [1.54, 1.807) is 42.6 Å². The second-order valence-corrected chi connectivity index (χ2v) is 9.43. The number of nitrogens with zero attached hydrogens (tertiary/aromatic N) is 3. The van der Waals surface area contributed by atoms with Gasteiger partial charge in [-0.2, -0.15) is 13.2 Å². The van der Waals surface area contributed by atoms with Crippen molar-refractivity contribution in [2.45, 2.75) is 12.2 Å². The first-order valence-corrected chi connectivity index (χ1v) is 12.7. The third-order valence-corrected chi connectivity index (χ3v) is 5.87. The Bertz CT molecular complexity index is 1460. The van der Waals surface area contributed by atoms with Gasteiger partial charge in [0.1, 0.15) is 29.1 Å². The van der Waals surface area contributed by atoms with Crippen LogP contribution in [0.3, 0.4) is 0 Å². The lowest BCUT2D eigenvalue weighted by atomic mass is 10.2. The number of halogens is 3. The van der Waals surface area contributed by atoms with Gasteiger partial charge < -0.3 is 25.6 Å². The molecule has 2 aromatic carbocycles. The van der Waals surface area contributed by atoms with Crippen molar-refractivity contribution >= 4 is 29.4 Å². The summed E-state index contributed by atoms with van der Waals surface area (Å²) in [5.41, 5.74) is 0.354. The predicted octanol–water partition coefficient (Wildman–Crippen LogP) is 3.94. The van der Waals surface area contributed by atoms with Crippen LogP contribution in [0.25, 0.3) is 6.08 Å². The Morgan fingerprint density at radius 2 is 1.88 bits per heavy atom. The van der Waals surface area contributed by atoms with Gasteiger partial charge in [0.2, 0.25) is 11.8 Å². The van der Waals surface area contributed by atoms with E-state index in [1.165, 1.54) is 24.3 Å². The molecule has 0 aliphatic carbocycles. The third kappa shape index (κ3) is 8.64. The first kappa shape index (κ1) is 29.3. The molecule has 1 aliphatic rings. The number of alkyl halides is 3. The van der Waals surface area contributed by atoms with Crippen molar-refractivity contribution < 1.29 is 27.5 Å². The largest absolute Gasteiger partial charge is 0.457 e. The summed E-state index contributed by atoms with van der Waals surface area (Å²) in [6.45, 7) is 1.57. The van der Waals surface area contributed by atoms with E-state index in [9.17, 15) is 22.8 Å². The number of aliphatic imine (C=N–C) groups is 1. The first-order chi connectivity index (χ1) is 19.6. The van der Waals surface area contributed by atoms with Gasteiger partial charge in [0.25, 0.3) is 0 Å². The van der Waals surface area contributed by atoms with E-state index in [2.05, 4.69) is 25.9 Å². The minimum Gasteiger partial charge on any atom is -0.457 e. The third-order valence-electron chi connectivity index (χ3n) is 5.87. The number of pyridine rings is 1. The highest BCUT2D eigenvalue weighted by atomic mass is 19.4. The molecule has 0 saturated heterocycles. The molecule has 2 heterocycles. The van der Waals surface area contributed by atoms with Gasteiger partial charge in [0.05, 0.1) is 12.1 Å². The number of rotatable bonds is 10. The molecule has 9 nitrogen and oxygen atoms in total. The van der Waals surface area contributed by atoms with Gasteiger partial charge >= 0.3 is 6.18 Å². The standard InChI is InChI=1S/C29H29F3N6O3/c1-38(2)14-13-34-28(40)25-18-35-27(37-25)24-17-23(11-12-33-24)41-22-8-3-5-19(15-22)9-10-26(39)36-21-7-4-6-20(16-21)29(30,31)32/h3-12,15-17,25H,13-14,18H2,1-2H3,(H,34,40)(H,35,37)(H,36,39)/b10-9+. The molecule has 1 aliphatic heterocycles. The summed E-state index contributed by atoms with van der Waals surface area (Å²) in [6, 6.07) is 14.2. The van der Waals surface area contributed by atoms with E-state index < -0.39 is 23.7 Å². The summed E-state index contributed by atoms with van der Waals surface area (Å²) < 4.78 is 44.7. The summed E-state index contributed by atoms with van der Waals surface area (Å²) in [7, 11) is 3.86. The number of nitrogens with one attached hydrogen (secondary N) is 3. The summed E-state index contributed by atoms with van der Waals surface area (Å²) >= 11 is 0. The number of carbonyl (C=O) groups is 2. The smallest absolute Gasteiger partial charge is 0.416 e. The molecule has 1 atom stereocenters. The minimum atomic E-state index is -4.50. The van der Waals surface area contributed by atoms with Crippen molar-refractivity contribution in [1.82, 2.24) is 20.5 Å². The summed E-state index contributed by atoms with van der Waals surface area (Å²) in [6.07, 6.45) is -0.185. The normalized spacial score (nSPS) is 15.0. The van der Waals surface area contributed by atoms with Crippen LogP contribution in [0.15, 0.2) is 77.9 Å². The van der Waals surface area contributed by atoms with Crippen LogP contribution in [0.4, 0.5) is 18.9 Å². The van der Waals surface area contributed by atoms with Gasteiger partial charge in [-0.15, -0.1) is 0 Å². The topological polar surface area (TPSA) is 108 Å². The molecule has 0 fully saturated rings. The van der Waals surface area contributed by atoms with Crippen LogP contribution >= 0.6 is 0 Å². The molecule has 0 radical (unpaired) electrons. The zero-order valence-electron chi connectivity index (χ0n) is 22.4. The highest BCUT2D eigenvalue weighted by molar-refractivity contribution is 6.02. The highest BCUT2D eigenvalue weighted by Gasteiger charge is 2.30. The lowest BCUT2D eigenvalue weighted by Crippen LogP contribution is -2.46. The maximum atomic E-state index is 12.9. The minimum absolute atomic E-state index is 0.0395. The number of likely N-dealkylation sites (N-methyl/N-ethyl adjacent to an activating group) is 1. The number of aromatic nitrogens is 1. The fourth-order valence-corrected chi connectivity index (χ4v) is 3.82. The molecule has 2 amide bonds. The molecule has 1 aromatic heterocycles. The number of hydrogen-bond acceptors (Lipinski definition) is 7. The van der Waals surface area contributed by atoms with Crippen molar-refractivity contribution in [3.8, 4) is 11.5 Å². The molecule has 0 bridgehead atoms. The van der Waals surface area contributed by atoms with E-state index in [0.29, 0.717) is 41.7 Å². The number of hydrogen-bond donors (Lipinski definition) is 3. The number of ether oxygens (including phenoxy) is 1. The Morgan fingerprint density at radius 3 is 2.66 bits per heavy atom. The van der Waals surface area contributed by atoms with Crippen LogP contribution in [0.2, 0.25) is 0 Å². The van der Waals surface area contributed by atoms with Crippen LogP contribution in [0.1, 0.15) is 16.8 Å². The van der Waals surface area contributed by atoms with Crippen LogP contribution in [-0.4, -0.2) is 67.3 Å². The van der Waals surface area contributed by atoms with Crippen molar-refractivity contribution in [3.05, 3.63) is 89.8 Å². The average Bonchev–Trinajstić information content (AvgIpc) is 3.43. The molecule has 3 N–H and O–H groups in total. The van der Waals surface area contributed by atoms with Crippen LogP contribution in [-0.2, 0) is 15.8 Å². The number of carbonyl (C=O) groups excluding carboxylic acids is 2. The number of amidine groups is 1. The van der Waals surface area contributed by atoms with E-state index in [-0.39, 0.29) is 11.6 Å². The molecule has 0 spiro atoms. The van der Waals surface area contributed by atoms with E-state index in [4.69, 9.17) is 4.74 Å². The van der Waals surface area contributed by atoms with Crippen molar-refractivity contribution in [3.63, 3.8) is 0 Å². The molecule has 12 heteroatoms. The molecule has 4 rings (SSSR count). The maximum absolute atomic E-state index is 12.9. The zero-order chi connectivity index (χ0) is 29.4. The Morgan fingerprint density at radius 1 is 1.10 bits per heavy atom. The number of anilines is 1. The lowest BCUT2D eigenvalue weighted by molar-refractivity contribution is -0.137. The first-order valence-electron chi connectivity index (χ1n) is 12.7. The van der Waals surface area contributed by atoms with Crippen LogP contribution < -0.4 is 20.7 Å². The molecule has 214 valence electrons. The van der Waals surface area contributed by atoms with Gasteiger partial charge in [-0.1, -0.05) is 18.2 Å². The number of benzene rings is 2. The fourth-order valence-electron chi connectivity index (χ4n) is 3.82. The quantitative estimate of drug-likeness (QED) is 0.321. The highest BCUT2D eigenvalue weighted by Crippen LogP contribution is 2.30. The van der Waals surface area contributed by atoms with Gasteiger partial charge in [0, 0.05) is 37.1 Å². The van der Waals surface area contributed by atoms with Gasteiger partial charge in [0.15, 0.2) is 0 Å². The van der Waals surface area contributed by atoms with Crippen molar-refractivity contribution in [2.24, 2.45) is 4.99 Å². The van der Waals surface area contributed by atoms with Crippen LogP contribution in [0, 0.1) is 0 Å². The van der Waals surface area contributed by atoms with Crippen molar-refractivity contribution in [1.29, 1.82) is 0 Å². The Labute approximate surface area is 235 Å². The molecule has 3 aromatic rings. The maximum Gasteiger partial charge on any atom is 0.416 e. The Hall–Kier alpha value is -4.71. The summed E-state index contributed by atoms with van der Waals surface area (Å²) in [5.74, 6) is 0.755. The molecular formula is C29H29F3N6O3. The SMILES string of the molecule is CN(C)CCNC(=O)C1CN=C(c2cc(Oc3cccc(/C=C/C(=O)Nc4cccc(C(F)(F)F)c4)c3)ccn2)N1. The van der Waals surface area contributed by atoms with E-state index in [1.807, 2.05) is 19.0 Å². The second kappa shape index (κ2) is 13.1. The van der Waals surface area contributed by atoms with E-state index >= 15 is 0 Å². The second-order valence-electron chi connectivity index (χ2n) is 9.43. The summed E-state index contributed by atoms with van der Waals surface area (Å²) in [5, 5.41) is 8.41. The van der Waals surface area contributed by atoms with Gasteiger partial charge in [-0.05, 0) is 62.1 Å². The zero-order valence-corrected chi connectivity index (χ0v) is 22.4.